The van der Waals surface area contributed by atoms with Crippen LogP contribution in [0.3, 0.4) is 0 Å². The third-order valence-corrected chi connectivity index (χ3v) is 0.542. The second kappa shape index (κ2) is 5.82. The maximum absolute atomic E-state index is 10.0. The molecule has 0 aromatic rings. The van der Waals surface area contributed by atoms with Gasteiger partial charge in [-0.05, 0) is 6.92 Å². The van der Waals surface area contributed by atoms with Crippen molar-refractivity contribution in [2.24, 2.45) is 0 Å². The molecule has 0 saturated carbocycles. The summed E-state index contributed by atoms with van der Waals surface area (Å²) in [5, 5.41) is 8.35. The average Bonchev–Trinajstić information content (AvgIpc) is 1.65. The Morgan fingerprint density at radius 3 is 2.25 bits per heavy atom. The Balaban J connectivity index is -0.0000000600. The number of aliphatic hydroxyl groups excluding tert-OH is 1. The van der Waals surface area contributed by atoms with Gasteiger partial charge in [0.1, 0.15) is 6.10 Å². The standard InChI is InChI=1S/C4H8O3.Ca.2H/c1-3(5)4(6)7-2;;;/h3,5H,1-2H3;;;/q;+2;2*-1. The van der Waals surface area contributed by atoms with Crippen molar-refractivity contribution in [2.45, 2.75) is 13.0 Å². The second-order valence-corrected chi connectivity index (χ2v) is 1.20. The van der Waals surface area contributed by atoms with Gasteiger partial charge in [-0.15, -0.1) is 0 Å². The van der Waals surface area contributed by atoms with Crippen LogP contribution < -0.4 is 0 Å². The third-order valence-electron chi connectivity index (χ3n) is 0.542. The Morgan fingerprint density at radius 1 is 1.88 bits per heavy atom. The van der Waals surface area contributed by atoms with Crippen molar-refractivity contribution in [3.05, 3.63) is 0 Å². The fraction of sp³-hybridized carbons (Fsp3) is 0.750. The number of carbonyl (C=O) groups is 1. The van der Waals surface area contributed by atoms with E-state index in [4.69, 9.17) is 5.11 Å². The van der Waals surface area contributed by atoms with Gasteiger partial charge < -0.3 is 12.7 Å². The first kappa shape index (κ1) is 11.5. The van der Waals surface area contributed by atoms with Crippen LogP contribution in [0.15, 0.2) is 0 Å². The normalized spacial score (nSPS) is 11.4. The van der Waals surface area contributed by atoms with Gasteiger partial charge in [-0.1, -0.05) is 0 Å². The average molecular weight is 146 g/mol. The van der Waals surface area contributed by atoms with Crippen molar-refractivity contribution in [1.29, 1.82) is 0 Å². The number of esters is 1. The summed E-state index contributed by atoms with van der Waals surface area (Å²) in [6.07, 6.45) is -0.995. The molecule has 0 radical (unpaired) electrons. The zero-order valence-corrected chi connectivity index (χ0v) is 7.26. The summed E-state index contributed by atoms with van der Waals surface area (Å²) in [5.74, 6) is -0.597. The van der Waals surface area contributed by atoms with E-state index in [2.05, 4.69) is 4.74 Å². The van der Waals surface area contributed by atoms with Gasteiger partial charge in [-0.3, -0.25) is 0 Å². The molecule has 0 aromatic carbocycles. The molecule has 0 spiro atoms. The fourth-order valence-corrected chi connectivity index (χ4v) is 0.171. The number of rotatable bonds is 1. The molecule has 0 amide bonds. The Labute approximate surface area is 81.0 Å². The molecule has 1 N–H and O–H groups in total. The predicted molar refractivity (Wildman–Crippen MR) is 31.7 cm³/mol. The molecule has 46 valence electrons. The quantitative estimate of drug-likeness (QED) is 0.396. The van der Waals surface area contributed by atoms with Gasteiger partial charge >= 0.3 is 43.7 Å². The Hall–Kier alpha value is 0.690. The van der Waals surface area contributed by atoms with E-state index in [0.29, 0.717) is 0 Å². The molecule has 0 fully saturated rings. The summed E-state index contributed by atoms with van der Waals surface area (Å²) in [6.45, 7) is 1.35. The minimum absolute atomic E-state index is 0. The molecule has 3 nitrogen and oxygen atoms in total. The third kappa shape index (κ3) is 4.84. The van der Waals surface area contributed by atoms with Crippen LogP contribution in [-0.4, -0.2) is 62.0 Å². The van der Waals surface area contributed by atoms with Crippen molar-refractivity contribution in [3.8, 4) is 0 Å². The van der Waals surface area contributed by atoms with Crippen LogP contribution in [0.4, 0.5) is 0 Å². The summed E-state index contributed by atoms with van der Waals surface area (Å²) in [5.41, 5.74) is 0. The Bertz CT molecular complexity index is 78.9. The van der Waals surface area contributed by atoms with Crippen LogP contribution in [0.5, 0.6) is 0 Å². The van der Waals surface area contributed by atoms with E-state index in [1.54, 1.807) is 0 Å². The molecule has 8 heavy (non-hydrogen) atoms. The van der Waals surface area contributed by atoms with Gasteiger partial charge in [0, 0.05) is 0 Å². The van der Waals surface area contributed by atoms with Crippen molar-refractivity contribution in [1.82, 2.24) is 0 Å². The van der Waals surface area contributed by atoms with Crippen molar-refractivity contribution in [3.63, 3.8) is 0 Å². The molecule has 4 heteroatoms. The summed E-state index contributed by atoms with van der Waals surface area (Å²) in [4.78, 5) is 10.0. The van der Waals surface area contributed by atoms with E-state index in [-0.39, 0.29) is 40.6 Å². The zero-order chi connectivity index (χ0) is 5.86. The smallest absolute Gasteiger partial charge is 1.00 e. The monoisotopic (exact) mass is 146 g/mol. The molecule has 0 heterocycles. The molecule has 0 rings (SSSR count). The van der Waals surface area contributed by atoms with E-state index < -0.39 is 12.1 Å². The van der Waals surface area contributed by atoms with E-state index in [1.807, 2.05) is 0 Å². The fourth-order valence-electron chi connectivity index (χ4n) is 0.171. The summed E-state index contributed by atoms with van der Waals surface area (Å²) in [7, 11) is 1.23. The molecule has 0 aromatic heterocycles. The molecule has 0 saturated heterocycles. The maximum atomic E-state index is 10.0. The van der Waals surface area contributed by atoms with Crippen LogP contribution in [-0.2, 0) is 9.53 Å². The second-order valence-electron chi connectivity index (χ2n) is 1.20. The first-order chi connectivity index (χ1) is 3.18. The minimum Gasteiger partial charge on any atom is -1.00 e. The Kier molecular flexibility index (Phi) is 8.35. The van der Waals surface area contributed by atoms with E-state index in [0.717, 1.165) is 0 Å². The number of aliphatic hydroxyl groups is 1. The summed E-state index contributed by atoms with van der Waals surface area (Å²) >= 11 is 0. The van der Waals surface area contributed by atoms with Crippen LogP contribution in [0, 0.1) is 0 Å². The van der Waals surface area contributed by atoms with Crippen molar-refractivity contribution >= 4 is 43.7 Å². The molecular formula is C4H10CaO3. The topological polar surface area (TPSA) is 46.5 Å². The number of ether oxygens (including phenoxy) is 1. The molecule has 0 aliphatic rings. The van der Waals surface area contributed by atoms with Gasteiger partial charge in [-0.25, -0.2) is 4.79 Å². The van der Waals surface area contributed by atoms with Crippen molar-refractivity contribution < 1.29 is 17.5 Å². The minimum atomic E-state index is -0.995. The van der Waals surface area contributed by atoms with E-state index in [9.17, 15) is 4.79 Å². The van der Waals surface area contributed by atoms with Gasteiger partial charge in [-0.2, -0.15) is 0 Å². The first-order valence-electron chi connectivity index (χ1n) is 1.94. The Morgan fingerprint density at radius 2 is 2.25 bits per heavy atom. The van der Waals surface area contributed by atoms with Crippen LogP contribution in [0.25, 0.3) is 0 Å². The number of methoxy groups -OCH3 is 1. The number of hydrogen-bond acceptors (Lipinski definition) is 3. The largest absolute Gasteiger partial charge is 2.00 e. The molecule has 1 unspecified atom stereocenters. The van der Waals surface area contributed by atoms with Gasteiger partial charge in [0.25, 0.3) is 0 Å². The first-order valence-corrected chi connectivity index (χ1v) is 1.94. The molecule has 1 atom stereocenters. The van der Waals surface area contributed by atoms with Crippen molar-refractivity contribution in [2.75, 3.05) is 7.11 Å². The number of carbonyl (C=O) groups excluding carboxylic acids is 1. The SMILES string of the molecule is COC(=O)C(C)O.[Ca+2].[H-].[H-]. The summed E-state index contributed by atoms with van der Waals surface area (Å²) < 4.78 is 4.12. The molecule has 0 bridgehead atoms. The van der Waals surface area contributed by atoms with Crippen LogP contribution in [0.1, 0.15) is 9.78 Å². The zero-order valence-electron chi connectivity index (χ0n) is 7.05. The van der Waals surface area contributed by atoms with E-state index in [1.165, 1.54) is 14.0 Å². The van der Waals surface area contributed by atoms with Crippen LogP contribution >= 0.6 is 0 Å². The molecular weight excluding hydrogens is 136 g/mol. The molecule has 0 aliphatic heterocycles. The summed E-state index contributed by atoms with van der Waals surface area (Å²) in [6, 6.07) is 0. The maximum Gasteiger partial charge on any atom is 2.00 e. The van der Waals surface area contributed by atoms with Gasteiger partial charge in [0.15, 0.2) is 0 Å². The van der Waals surface area contributed by atoms with Gasteiger partial charge in [0.05, 0.1) is 7.11 Å². The predicted octanol–water partition coefficient (Wildman–Crippen LogP) is -0.616. The van der Waals surface area contributed by atoms with Crippen LogP contribution in [0.2, 0.25) is 0 Å². The van der Waals surface area contributed by atoms with Gasteiger partial charge in [0.2, 0.25) is 0 Å². The number of hydrogen-bond donors (Lipinski definition) is 1. The van der Waals surface area contributed by atoms with E-state index >= 15 is 0 Å². The molecule has 0 aliphatic carbocycles.